The summed E-state index contributed by atoms with van der Waals surface area (Å²) >= 11 is 0. The first-order chi connectivity index (χ1) is 20.3. The number of hydrogen-bond acceptors (Lipinski definition) is 7. The van der Waals surface area contributed by atoms with E-state index in [2.05, 4.69) is 26.8 Å². The van der Waals surface area contributed by atoms with Crippen LogP contribution in [0.25, 0.3) is 28.1 Å². The van der Waals surface area contributed by atoms with E-state index in [0.717, 1.165) is 41.3 Å². The number of allylic oxidation sites excluding steroid dienone is 2. The number of benzene rings is 1. The standard InChI is InChI=1S/C30H31F3N6O3S/c1-17-8-11-20(12-9-17)43(41,42)39-16-24(21(19(39)3)13-10-18(2)30(31,32)33)22-14-35-28(40)23-15-36-29(38-27(22)23)37-26-7-5-4-6-25(26)34/h8-16,25-26H,2,4-7,34H2,1,3H3,(H,35,40)(H,36,37,38). The number of rotatable bonds is 7. The number of anilines is 1. The molecule has 2 unspecified atom stereocenters. The van der Waals surface area contributed by atoms with Crippen molar-refractivity contribution in [1.29, 1.82) is 0 Å². The maximum Gasteiger partial charge on any atom is 0.415 e. The zero-order chi connectivity index (χ0) is 31.1. The summed E-state index contributed by atoms with van der Waals surface area (Å²) in [5.41, 5.74) is 6.60. The molecule has 4 N–H and O–H groups in total. The predicted octanol–water partition coefficient (Wildman–Crippen LogP) is 5.45. The lowest BCUT2D eigenvalue weighted by Crippen LogP contribution is -2.42. The fourth-order valence-electron chi connectivity index (χ4n) is 5.19. The Labute approximate surface area is 246 Å². The van der Waals surface area contributed by atoms with E-state index in [1.165, 1.54) is 43.7 Å². The number of nitrogens with two attached hydrogens (primary N) is 1. The molecule has 1 aromatic carbocycles. The average Bonchev–Trinajstić information content (AvgIpc) is 3.29. The van der Waals surface area contributed by atoms with Gasteiger partial charge in [0, 0.05) is 58.6 Å². The number of aryl methyl sites for hydroxylation is 1. The quantitative estimate of drug-likeness (QED) is 0.236. The highest BCUT2D eigenvalue weighted by Crippen LogP contribution is 2.36. The van der Waals surface area contributed by atoms with E-state index in [9.17, 15) is 26.4 Å². The van der Waals surface area contributed by atoms with Crippen LogP contribution in [0.1, 0.15) is 42.5 Å². The van der Waals surface area contributed by atoms with Crippen LogP contribution < -0.4 is 16.6 Å². The molecule has 0 bridgehead atoms. The van der Waals surface area contributed by atoms with Gasteiger partial charge in [0.2, 0.25) is 5.95 Å². The van der Waals surface area contributed by atoms with E-state index in [-0.39, 0.29) is 50.7 Å². The van der Waals surface area contributed by atoms with Gasteiger partial charge < -0.3 is 16.0 Å². The van der Waals surface area contributed by atoms with Crippen molar-refractivity contribution in [3.05, 3.63) is 88.3 Å². The SMILES string of the molecule is C=C(C=Cc1c(-c2c[nH]c(=O)c3cnc(NC4CCCCC4N)nc23)cn(S(=O)(=O)c2ccc(C)cc2)c1C)C(F)(F)F. The van der Waals surface area contributed by atoms with Gasteiger partial charge in [-0.15, -0.1) is 0 Å². The van der Waals surface area contributed by atoms with Gasteiger partial charge >= 0.3 is 6.18 Å². The van der Waals surface area contributed by atoms with Crippen LogP contribution in [0.5, 0.6) is 0 Å². The molecular weight excluding hydrogens is 581 g/mol. The summed E-state index contributed by atoms with van der Waals surface area (Å²) in [6, 6.07) is 6.04. The van der Waals surface area contributed by atoms with Crippen molar-refractivity contribution in [2.45, 2.75) is 62.7 Å². The largest absolute Gasteiger partial charge is 0.415 e. The molecule has 43 heavy (non-hydrogen) atoms. The first-order valence-electron chi connectivity index (χ1n) is 13.7. The Morgan fingerprint density at radius 1 is 1.16 bits per heavy atom. The molecule has 1 saturated carbocycles. The summed E-state index contributed by atoms with van der Waals surface area (Å²) in [5.74, 6) is 0.229. The number of nitrogens with one attached hydrogen (secondary N) is 2. The third-order valence-corrected chi connectivity index (χ3v) is 9.48. The fraction of sp³-hybridized carbons (Fsp3) is 0.300. The molecule has 0 aliphatic heterocycles. The topological polar surface area (TPSA) is 136 Å². The number of nitrogens with zero attached hydrogens (tertiary/aromatic N) is 3. The highest BCUT2D eigenvalue weighted by Gasteiger charge is 2.31. The number of halogens is 3. The molecular formula is C30H31F3N6O3S. The molecule has 0 saturated heterocycles. The van der Waals surface area contributed by atoms with Crippen molar-refractivity contribution in [3.63, 3.8) is 0 Å². The van der Waals surface area contributed by atoms with Gasteiger partial charge in [0.25, 0.3) is 15.6 Å². The lowest BCUT2D eigenvalue weighted by molar-refractivity contribution is -0.0877. The van der Waals surface area contributed by atoms with Gasteiger partial charge in [-0.2, -0.15) is 13.2 Å². The van der Waals surface area contributed by atoms with Crippen molar-refractivity contribution < 1.29 is 21.6 Å². The minimum absolute atomic E-state index is 0.00180. The second-order valence-electron chi connectivity index (χ2n) is 10.7. The summed E-state index contributed by atoms with van der Waals surface area (Å²) in [5, 5.41) is 3.37. The Kier molecular flexibility index (Phi) is 8.05. The molecule has 13 heteroatoms. The zero-order valence-electron chi connectivity index (χ0n) is 23.6. The molecule has 5 rings (SSSR count). The van der Waals surface area contributed by atoms with Gasteiger partial charge in [-0.3, -0.25) is 4.79 Å². The highest BCUT2D eigenvalue weighted by atomic mass is 32.2. The molecule has 2 atom stereocenters. The minimum atomic E-state index is -4.68. The van der Waals surface area contributed by atoms with Crippen LogP contribution in [0, 0.1) is 13.8 Å². The number of hydrogen-bond donors (Lipinski definition) is 3. The van der Waals surface area contributed by atoms with Crippen molar-refractivity contribution in [1.82, 2.24) is 18.9 Å². The van der Waals surface area contributed by atoms with E-state index >= 15 is 0 Å². The van der Waals surface area contributed by atoms with Gasteiger partial charge in [-0.05, 0) is 44.9 Å². The van der Waals surface area contributed by atoms with E-state index in [0.29, 0.717) is 5.56 Å². The molecule has 9 nitrogen and oxygen atoms in total. The fourth-order valence-corrected chi connectivity index (χ4v) is 6.60. The Bertz CT molecular complexity index is 1890. The minimum Gasteiger partial charge on any atom is -0.350 e. The molecule has 226 valence electrons. The lowest BCUT2D eigenvalue weighted by Gasteiger charge is -2.29. The zero-order valence-corrected chi connectivity index (χ0v) is 24.4. The average molecular weight is 613 g/mol. The molecule has 3 aromatic heterocycles. The first kappa shape index (κ1) is 30.2. The van der Waals surface area contributed by atoms with Crippen LogP contribution in [0.15, 0.2) is 70.8 Å². The summed E-state index contributed by atoms with van der Waals surface area (Å²) in [6.45, 7) is 6.41. The van der Waals surface area contributed by atoms with Crippen molar-refractivity contribution in [2.75, 3.05) is 5.32 Å². The number of pyridine rings is 1. The second-order valence-corrected chi connectivity index (χ2v) is 12.5. The van der Waals surface area contributed by atoms with Gasteiger partial charge in [0.05, 0.1) is 15.8 Å². The summed E-state index contributed by atoms with van der Waals surface area (Å²) in [6.07, 6.45) is 4.99. The van der Waals surface area contributed by atoms with Crippen LogP contribution in [0.2, 0.25) is 0 Å². The smallest absolute Gasteiger partial charge is 0.350 e. The van der Waals surface area contributed by atoms with E-state index < -0.39 is 27.3 Å². The molecule has 3 heterocycles. The van der Waals surface area contributed by atoms with Crippen LogP contribution in [0.4, 0.5) is 19.1 Å². The number of aromatic amines is 1. The van der Waals surface area contributed by atoms with Crippen LogP contribution in [-0.2, 0) is 10.0 Å². The normalized spacial score (nSPS) is 17.9. The third kappa shape index (κ3) is 6.00. The molecule has 4 aromatic rings. The van der Waals surface area contributed by atoms with Gasteiger partial charge in [-0.1, -0.05) is 43.2 Å². The maximum absolute atomic E-state index is 13.7. The predicted molar refractivity (Wildman–Crippen MR) is 160 cm³/mol. The number of fused-ring (bicyclic) bond motifs is 1. The molecule has 1 fully saturated rings. The second kappa shape index (κ2) is 11.5. The van der Waals surface area contributed by atoms with Gasteiger partial charge in [-0.25, -0.2) is 22.4 Å². The van der Waals surface area contributed by atoms with Crippen LogP contribution in [0.3, 0.4) is 0 Å². The monoisotopic (exact) mass is 612 g/mol. The van der Waals surface area contributed by atoms with Crippen molar-refractivity contribution in [2.24, 2.45) is 5.73 Å². The number of H-pyrrole nitrogens is 1. The number of alkyl halides is 3. The van der Waals surface area contributed by atoms with E-state index in [1.54, 1.807) is 12.1 Å². The molecule has 0 radical (unpaired) electrons. The Hall–Kier alpha value is -4.23. The van der Waals surface area contributed by atoms with Gasteiger partial charge in [0.15, 0.2) is 0 Å². The van der Waals surface area contributed by atoms with E-state index in [1.807, 2.05) is 6.92 Å². The first-order valence-corrected chi connectivity index (χ1v) is 15.1. The summed E-state index contributed by atoms with van der Waals surface area (Å²) in [7, 11) is -4.15. The molecule has 0 spiro atoms. The van der Waals surface area contributed by atoms with Crippen LogP contribution >= 0.6 is 0 Å². The molecule has 1 aliphatic carbocycles. The van der Waals surface area contributed by atoms with E-state index in [4.69, 9.17) is 5.73 Å². The van der Waals surface area contributed by atoms with Gasteiger partial charge in [0.1, 0.15) is 0 Å². The summed E-state index contributed by atoms with van der Waals surface area (Å²) < 4.78 is 68.4. The Morgan fingerprint density at radius 2 is 1.86 bits per heavy atom. The van der Waals surface area contributed by atoms with Crippen molar-refractivity contribution in [3.8, 4) is 11.1 Å². The Morgan fingerprint density at radius 3 is 2.53 bits per heavy atom. The number of aromatic nitrogens is 4. The molecule has 0 amide bonds. The lowest BCUT2D eigenvalue weighted by atomic mass is 9.91. The Balaban J connectivity index is 1.71. The highest BCUT2D eigenvalue weighted by molar-refractivity contribution is 7.90. The molecule has 1 aliphatic rings. The maximum atomic E-state index is 13.7. The van der Waals surface area contributed by atoms with Crippen molar-refractivity contribution >= 4 is 33.0 Å². The third-order valence-electron chi connectivity index (χ3n) is 7.71. The van der Waals surface area contributed by atoms with Crippen LogP contribution in [-0.4, -0.2) is 45.6 Å². The summed E-state index contributed by atoms with van der Waals surface area (Å²) in [4.78, 5) is 24.3.